The van der Waals surface area contributed by atoms with Gasteiger partial charge in [0.2, 0.25) is 0 Å². The van der Waals surface area contributed by atoms with Crippen molar-refractivity contribution in [1.29, 1.82) is 0 Å². The van der Waals surface area contributed by atoms with E-state index in [1.807, 2.05) is 0 Å². The van der Waals surface area contributed by atoms with Crippen molar-refractivity contribution in [2.75, 3.05) is 7.05 Å². The number of hydrogen-bond donors (Lipinski definition) is 1. The number of benzene rings is 1. The van der Waals surface area contributed by atoms with Crippen LogP contribution in [0.15, 0.2) is 28.8 Å². The summed E-state index contributed by atoms with van der Waals surface area (Å²) in [4.78, 5) is 11.7. The molecule has 0 unspecified atom stereocenters. The molecule has 0 aliphatic heterocycles. The van der Waals surface area contributed by atoms with Gasteiger partial charge in [-0.3, -0.25) is 4.79 Å². The Labute approximate surface area is 97.4 Å². The molecule has 0 atom stereocenters. The minimum Gasteiger partial charge on any atom is -0.360 e. The van der Waals surface area contributed by atoms with Crippen molar-refractivity contribution in [3.63, 3.8) is 0 Å². The first-order valence-corrected chi connectivity index (χ1v) is 5.07. The molecule has 0 aliphatic rings. The first-order valence-electron chi connectivity index (χ1n) is 5.07. The number of carbonyl (C=O) groups excluding carboxylic acids is 1. The lowest BCUT2D eigenvalue weighted by molar-refractivity contribution is 0.0962. The highest BCUT2D eigenvalue weighted by Gasteiger charge is 2.20. The smallest absolute Gasteiger partial charge is 0.256 e. The number of carbonyl (C=O) groups is 1. The van der Waals surface area contributed by atoms with Crippen molar-refractivity contribution in [2.24, 2.45) is 0 Å². The minimum atomic E-state index is -0.338. The molecule has 1 aromatic carbocycles. The van der Waals surface area contributed by atoms with E-state index < -0.39 is 0 Å². The maximum absolute atomic E-state index is 12.8. The lowest BCUT2D eigenvalue weighted by Gasteiger charge is -2.01. The summed E-state index contributed by atoms with van der Waals surface area (Å²) in [6.07, 6.45) is 0. The molecule has 0 spiro atoms. The Morgan fingerprint density at radius 1 is 1.35 bits per heavy atom. The Morgan fingerprint density at radius 2 is 2.00 bits per heavy atom. The third-order valence-corrected chi connectivity index (χ3v) is 2.43. The summed E-state index contributed by atoms with van der Waals surface area (Å²) in [5.74, 6) is -0.179. The highest BCUT2D eigenvalue weighted by Crippen LogP contribution is 2.25. The van der Waals surface area contributed by atoms with E-state index in [1.165, 1.54) is 19.2 Å². The van der Waals surface area contributed by atoms with Gasteiger partial charge < -0.3 is 9.84 Å². The number of nitrogens with zero attached hydrogens (tertiary/aromatic N) is 1. The summed E-state index contributed by atoms with van der Waals surface area (Å²) in [5, 5.41) is 6.34. The topological polar surface area (TPSA) is 55.1 Å². The van der Waals surface area contributed by atoms with Gasteiger partial charge in [-0.25, -0.2) is 4.39 Å². The van der Waals surface area contributed by atoms with Gasteiger partial charge in [-0.15, -0.1) is 0 Å². The van der Waals surface area contributed by atoms with Crippen LogP contribution in [0.4, 0.5) is 4.39 Å². The van der Waals surface area contributed by atoms with E-state index in [-0.39, 0.29) is 11.7 Å². The van der Waals surface area contributed by atoms with Crippen molar-refractivity contribution >= 4 is 5.91 Å². The van der Waals surface area contributed by atoms with Gasteiger partial charge in [0.15, 0.2) is 0 Å². The molecule has 17 heavy (non-hydrogen) atoms. The summed E-state index contributed by atoms with van der Waals surface area (Å²) in [7, 11) is 1.53. The largest absolute Gasteiger partial charge is 0.360 e. The number of amides is 1. The predicted octanol–water partition coefficient (Wildman–Crippen LogP) is 2.15. The molecule has 2 rings (SSSR count). The quantitative estimate of drug-likeness (QED) is 0.866. The molecule has 88 valence electrons. The summed E-state index contributed by atoms with van der Waals surface area (Å²) >= 11 is 0. The normalized spacial score (nSPS) is 10.3. The highest BCUT2D eigenvalue weighted by molar-refractivity contribution is 6.00. The van der Waals surface area contributed by atoms with Gasteiger partial charge in [-0.1, -0.05) is 5.16 Å². The van der Waals surface area contributed by atoms with Crippen LogP contribution in [-0.4, -0.2) is 18.1 Å². The molecule has 0 fully saturated rings. The average molecular weight is 234 g/mol. The predicted molar refractivity (Wildman–Crippen MR) is 60.0 cm³/mol. The number of aryl methyl sites for hydroxylation is 1. The highest BCUT2D eigenvalue weighted by atomic mass is 19.1. The Kier molecular flexibility index (Phi) is 2.91. The van der Waals surface area contributed by atoms with Crippen LogP contribution in [0.1, 0.15) is 16.1 Å². The Bertz CT molecular complexity index is 546. The molecule has 1 heterocycles. The van der Waals surface area contributed by atoms with Gasteiger partial charge in [-0.05, 0) is 31.2 Å². The monoisotopic (exact) mass is 234 g/mol. The van der Waals surface area contributed by atoms with Crippen LogP contribution in [0.25, 0.3) is 11.3 Å². The van der Waals surface area contributed by atoms with Crippen LogP contribution in [0.3, 0.4) is 0 Å². The molecular weight excluding hydrogens is 223 g/mol. The zero-order valence-corrected chi connectivity index (χ0v) is 9.45. The fourth-order valence-electron chi connectivity index (χ4n) is 1.57. The number of hydrogen-bond acceptors (Lipinski definition) is 3. The lowest BCUT2D eigenvalue weighted by atomic mass is 10.1. The Hall–Kier alpha value is -2.17. The summed E-state index contributed by atoms with van der Waals surface area (Å²) in [5.41, 5.74) is 1.43. The summed E-state index contributed by atoms with van der Waals surface area (Å²) in [6.45, 7) is 1.66. The molecule has 5 heteroatoms. The van der Waals surface area contributed by atoms with Gasteiger partial charge in [0.25, 0.3) is 5.91 Å². The van der Waals surface area contributed by atoms with Crippen LogP contribution in [0.2, 0.25) is 0 Å². The van der Waals surface area contributed by atoms with Crippen LogP contribution < -0.4 is 5.32 Å². The fourth-order valence-corrected chi connectivity index (χ4v) is 1.57. The molecule has 1 aromatic heterocycles. The number of halogens is 1. The third kappa shape index (κ3) is 2.04. The molecule has 1 N–H and O–H groups in total. The zero-order chi connectivity index (χ0) is 12.4. The molecule has 1 amide bonds. The second kappa shape index (κ2) is 4.37. The van der Waals surface area contributed by atoms with E-state index in [0.29, 0.717) is 22.6 Å². The SMILES string of the molecule is CNC(=O)c1c(-c2ccc(F)cc2)noc1C. The molecule has 0 saturated carbocycles. The van der Waals surface area contributed by atoms with E-state index in [1.54, 1.807) is 19.1 Å². The van der Waals surface area contributed by atoms with Crippen LogP contribution >= 0.6 is 0 Å². The molecule has 0 saturated heterocycles. The van der Waals surface area contributed by atoms with Crippen molar-refractivity contribution in [2.45, 2.75) is 6.92 Å². The molecule has 4 nitrogen and oxygen atoms in total. The Balaban J connectivity index is 2.52. The maximum atomic E-state index is 12.8. The number of rotatable bonds is 2. The molecule has 0 radical (unpaired) electrons. The summed E-state index contributed by atoms with van der Waals surface area (Å²) in [6, 6.07) is 5.73. The van der Waals surface area contributed by atoms with Crippen molar-refractivity contribution in [3.05, 3.63) is 41.4 Å². The summed E-state index contributed by atoms with van der Waals surface area (Å²) < 4.78 is 17.8. The van der Waals surface area contributed by atoms with Gasteiger partial charge in [-0.2, -0.15) is 0 Å². The first kappa shape index (κ1) is 11.3. The van der Waals surface area contributed by atoms with E-state index in [2.05, 4.69) is 10.5 Å². The zero-order valence-electron chi connectivity index (χ0n) is 9.45. The molecule has 0 bridgehead atoms. The maximum Gasteiger partial charge on any atom is 0.256 e. The van der Waals surface area contributed by atoms with Gasteiger partial charge in [0, 0.05) is 12.6 Å². The average Bonchev–Trinajstić information content (AvgIpc) is 2.71. The standard InChI is InChI=1S/C12H11FN2O2/c1-7-10(12(16)14-2)11(15-17-7)8-3-5-9(13)6-4-8/h3-6H,1-2H3,(H,14,16). The third-order valence-electron chi connectivity index (χ3n) is 2.43. The van der Waals surface area contributed by atoms with Gasteiger partial charge in [0.05, 0.1) is 0 Å². The van der Waals surface area contributed by atoms with E-state index >= 15 is 0 Å². The second-order valence-corrected chi connectivity index (χ2v) is 3.55. The van der Waals surface area contributed by atoms with Gasteiger partial charge in [0.1, 0.15) is 22.8 Å². The second-order valence-electron chi connectivity index (χ2n) is 3.55. The van der Waals surface area contributed by atoms with Crippen molar-refractivity contribution < 1.29 is 13.7 Å². The van der Waals surface area contributed by atoms with E-state index in [9.17, 15) is 9.18 Å². The molecular formula is C12H11FN2O2. The molecule has 0 aliphatic carbocycles. The number of aromatic nitrogens is 1. The van der Waals surface area contributed by atoms with Crippen molar-refractivity contribution in [3.8, 4) is 11.3 Å². The van der Waals surface area contributed by atoms with E-state index in [0.717, 1.165) is 0 Å². The fraction of sp³-hybridized carbons (Fsp3) is 0.167. The van der Waals surface area contributed by atoms with Crippen molar-refractivity contribution in [1.82, 2.24) is 10.5 Å². The van der Waals surface area contributed by atoms with Crippen LogP contribution in [0.5, 0.6) is 0 Å². The molecule has 2 aromatic rings. The Morgan fingerprint density at radius 3 is 2.59 bits per heavy atom. The lowest BCUT2D eigenvalue weighted by Crippen LogP contribution is -2.18. The minimum absolute atomic E-state index is 0.275. The van der Waals surface area contributed by atoms with E-state index in [4.69, 9.17) is 4.52 Å². The number of nitrogens with one attached hydrogen (secondary N) is 1. The van der Waals surface area contributed by atoms with Gasteiger partial charge >= 0.3 is 0 Å². The van der Waals surface area contributed by atoms with Crippen LogP contribution in [0, 0.1) is 12.7 Å². The first-order chi connectivity index (χ1) is 8.13. The van der Waals surface area contributed by atoms with Crippen LogP contribution in [-0.2, 0) is 0 Å².